The normalized spacial score (nSPS) is 16.3. The Balaban J connectivity index is 1.43. The lowest BCUT2D eigenvalue weighted by molar-refractivity contribution is -0.123. The van der Waals surface area contributed by atoms with Crippen LogP contribution >= 0.6 is 0 Å². The standard InChI is InChI=1S/C35H44N8O5/c1-22(2)32-33-37-25(5)40-42(33)15-16-48-30-19-27(11-12-29(30)47-6)34(45)36-13-8-14-41(21-31(44)38-32)35(46)28-10-7-9-26(18-28)20-43-24(4)17-23(3)39-43/h7,9-12,17-19,22,32H,8,13-16,20-21H2,1-6H3,(H,36,45)(H,38,44)/t32-/m0/s1. The van der Waals surface area contributed by atoms with Gasteiger partial charge < -0.3 is 25.0 Å². The predicted octanol–water partition coefficient (Wildman–Crippen LogP) is 3.62. The molecular formula is C35H44N8O5. The molecule has 0 unspecified atom stereocenters. The van der Waals surface area contributed by atoms with Crippen LogP contribution in [0.5, 0.6) is 11.5 Å². The number of nitrogens with zero attached hydrogens (tertiary/aromatic N) is 6. The second-order valence-corrected chi connectivity index (χ2v) is 12.4. The largest absolute Gasteiger partial charge is 0.493 e. The summed E-state index contributed by atoms with van der Waals surface area (Å²) in [5.74, 6) is 1.16. The Morgan fingerprint density at radius 1 is 1.06 bits per heavy atom. The molecule has 254 valence electrons. The van der Waals surface area contributed by atoms with Crippen LogP contribution in [0.3, 0.4) is 0 Å². The number of ether oxygens (including phenoxy) is 2. The number of hydrogen-bond acceptors (Lipinski definition) is 8. The molecule has 0 aliphatic carbocycles. The zero-order valence-corrected chi connectivity index (χ0v) is 28.4. The average molecular weight is 657 g/mol. The third-order valence-electron chi connectivity index (χ3n) is 8.18. The fourth-order valence-electron chi connectivity index (χ4n) is 5.78. The number of rotatable bonds is 5. The molecule has 0 spiro atoms. The highest BCUT2D eigenvalue weighted by molar-refractivity contribution is 5.97. The van der Waals surface area contributed by atoms with Crippen LogP contribution in [0, 0.1) is 26.7 Å². The average Bonchev–Trinajstić information content (AvgIpc) is 3.58. The van der Waals surface area contributed by atoms with Crippen LogP contribution < -0.4 is 20.1 Å². The van der Waals surface area contributed by atoms with Crippen LogP contribution in [-0.2, 0) is 17.9 Å². The number of methoxy groups -OCH3 is 1. The summed E-state index contributed by atoms with van der Waals surface area (Å²) in [6, 6.07) is 14.0. The molecule has 4 aromatic rings. The summed E-state index contributed by atoms with van der Waals surface area (Å²) >= 11 is 0. The van der Waals surface area contributed by atoms with Crippen molar-refractivity contribution in [2.75, 3.05) is 33.4 Å². The van der Waals surface area contributed by atoms with E-state index in [9.17, 15) is 14.4 Å². The molecule has 13 nitrogen and oxygen atoms in total. The second kappa shape index (κ2) is 15.1. The highest BCUT2D eigenvalue weighted by atomic mass is 16.5. The molecule has 1 aliphatic rings. The third kappa shape index (κ3) is 8.20. The minimum absolute atomic E-state index is 0.0231. The Morgan fingerprint density at radius 3 is 2.60 bits per heavy atom. The van der Waals surface area contributed by atoms with Gasteiger partial charge in [-0.15, -0.1) is 0 Å². The van der Waals surface area contributed by atoms with E-state index in [1.54, 1.807) is 43.0 Å². The van der Waals surface area contributed by atoms with Crippen LogP contribution in [0.4, 0.5) is 0 Å². The first-order chi connectivity index (χ1) is 23.0. The van der Waals surface area contributed by atoms with Gasteiger partial charge in [0.1, 0.15) is 18.3 Å². The van der Waals surface area contributed by atoms with Crippen LogP contribution in [0.2, 0.25) is 0 Å². The van der Waals surface area contributed by atoms with Gasteiger partial charge in [0.25, 0.3) is 11.8 Å². The van der Waals surface area contributed by atoms with Gasteiger partial charge in [0, 0.05) is 29.9 Å². The summed E-state index contributed by atoms with van der Waals surface area (Å²) in [7, 11) is 1.54. The molecule has 2 N–H and O–H groups in total. The van der Waals surface area contributed by atoms with E-state index in [4.69, 9.17) is 9.47 Å². The molecule has 1 aliphatic heterocycles. The molecule has 0 saturated heterocycles. The molecule has 2 bridgehead atoms. The van der Waals surface area contributed by atoms with Crippen LogP contribution in [-0.4, -0.2) is 80.5 Å². The first kappa shape index (κ1) is 34.1. The van der Waals surface area contributed by atoms with E-state index >= 15 is 0 Å². The Bertz CT molecular complexity index is 1780. The van der Waals surface area contributed by atoms with Gasteiger partial charge in [0.05, 0.1) is 38.5 Å². The molecule has 3 amide bonds. The van der Waals surface area contributed by atoms with E-state index in [1.807, 2.05) is 56.6 Å². The summed E-state index contributed by atoms with van der Waals surface area (Å²) in [5.41, 5.74) is 3.75. The smallest absolute Gasteiger partial charge is 0.254 e. The SMILES string of the molecule is COc1ccc2cc1OCCn1nc(C)nc1[C@H](C(C)C)NC(=O)CN(C(=O)c1cccc(Cn3nc(C)cc3C)c1)CCCNC2=O. The van der Waals surface area contributed by atoms with Crippen LogP contribution in [0.25, 0.3) is 0 Å². The van der Waals surface area contributed by atoms with Crippen molar-refractivity contribution < 1.29 is 23.9 Å². The number of benzene rings is 2. The lowest BCUT2D eigenvalue weighted by Gasteiger charge is -2.26. The zero-order chi connectivity index (χ0) is 34.4. The monoisotopic (exact) mass is 656 g/mol. The van der Waals surface area contributed by atoms with E-state index in [0.717, 1.165) is 17.0 Å². The van der Waals surface area contributed by atoms with Gasteiger partial charge in [-0.2, -0.15) is 10.2 Å². The summed E-state index contributed by atoms with van der Waals surface area (Å²) in [6.07, 6.45) is 0.427. The highest BCUT2D eigenvalue weighted by Gasteiger charge is 2.27. The first-order valence-corrected chi connectivity index (χ1v) is 16.2. The molecule has 2 aromatic carbocycles. The van der Waals surface area contributed by atoms with Crippen molar-refractivity contribution in [2.45, 2.75) is 60.2 Å². The fraction of sp³-hybridized carbons (Fsp3) is 0.429. The number of carbonyl (C=O) groups excluding carboxylic acids is 3. The van der Waals surface area contributed by atoms with Gasteiger partial charge in [-0.1, -0.05) is 26.0 Å². The molecule has 13 heteroatoms. The fourth-order valence-corrected chi connectivity index (χ4v) is 5.78. The van der Waals surface area contributed by atoms with Crippen molar-refractivity contribution in [2.24, 2.45) is 5.92 Å². The highest BCUT2D eigenvalue weighted by Crippen LogP contribution is 2.28. The maximum Gasteiger partial charge on any atom is 0.254 e. The maximum absolute atomic E-state index is 14.0. The summed E-state index contributed by atoms with van der Waals surface area (Å²) < 4.78 is 15.1. The van der Waals surface area contributed by atoms with Gasteiger partial charge in [0.15, 0.2) is 11.5 Å². The topological polar surface area (TPSA) is 146 Å². The van der Waals surface area contributed by atoms with Crippen molar-refractivity contribution in [1.29, 1.82) is 0 Å². The quantitative estimate of drug-likeness (QED) is 0.331. The minimum Gasteiger partial charge on any atom is -0.493 e. The van der Waals surface area contributed by atoms with E-state index in [2.05, 4.69) is 25.8 Å². The number of nitrogens with one attached hydrogen (secondary N) is 2. The number of fused-ring (bicyclic) bond motifs is 3. The molecule has 0 radical (unpaired) electrons. The number of hydrogen-bond donors (Lipinski definition) is 2. The van der Waals surface area contributed by atoms with Gasteiger partial charge >= 0.3 is 0 Å². The minimum atomic E-state index is -0.462. The molecule has 1 atom stereocenters. The second-order valence-electron chi connectivity index (χ2n) is 12.4. The van der Waals surface area contributed by atoms with Gasteiger partial charge in [-0.25, -0.2) is 9.67 Å². The van der Waals surface area contributed by atoms with Crippen LogP contribution in [0.1, 0.15) is 75.6 Å². The molecule has 2 aromatic heterocycles. The van der Waals surface area contributed by atoms with E-state index < -0.39 is 6.04 Å². The van der Waals surface area contributed by atoms with E-state index in [-0.39, 0.29) is 43.3 Å². The molecule has 0 saturated carbocycles. The summed E-state index contributed by atoms with van der Waals surface area (Å²) in [5, 5.41) is 15.1. The summed E-state index contributed by atoms with van der Waals surface area (Å²) in [4.78, 5) is 46.9. The Morgan fingerprint density at radius 2 is 1.88 bits per heavy atom. The molecular weight excluding hydrogens is 612 g/mol. The Labute approximate surface area is 280 Å². The first-order valence-electron chi connectivity index (χ1n) is 16.2. The van der Waals surface area contributed by atoms with Crippen molar-refractivity contribution in [3.05, 3.63) is 88.3 Å². The third-order valence-corrected chi connectivity index (χ3v) is 8.18. The van der Waals surface area contributed by atoms with Crippen molar-refractivity contribution in [3.8, 4) is 11.5 Å². The molecule has 3 heterocycles. The van der Waals surface area contributed by atoms with E-state index in [0.29, 0.717) is 60.3 Å². The number of amides is 3. The van der Waals surface area contributed by atoms with Crippen molar-refractivity contribution >= 4 is 17.7 Å². The van der Waals surface area contributed by atoms with Crippen LogP contribution in [0.15, 0.2) is 48.5 Å². The number of carbonyl (C=O) groups is 3. The van der Waals surface area contributed by atoms with Crippen molar-refractivity contribution in [3.63, 3.8) is 0 Å². The lowest BCUT2D eigenvalue weighted by Crippen LogP contribution is -2.44. The zero-order valence-electron chi connectivity index (χ0n) is 28.4. The summed E-state index contributed by atoms with van der Waals surface area (Å²) in [6.45, 7) is 11.2. The van der Waals surface area contributed by atoms with E-state index in [1.165, 1.54) is 4.90 Å². The van der Waals surface area contributed by atoms with Gasteiger partial charge in [-0.05, 0) is 75.1 Å². The van der Waals surface area contributed by atoms with Gasteiger partial charge in [-0.3, -0.25) is 19.1 Å². The molecule has 0 fully saturated rings. The molecule has 5 rings (SSSR count). The maximum atomic E-state index is 14.0. The Kier molecular flexibility index (Phi) is 10.8. The lowest BCUT2D eigenvalue weighted by atomic mass is 10.0. The number of aryl methyl sites for hydroxylation is 3. The molecule has 48 heavy (non-hydrogen) atoms. The van der Waals surface area contributed by atoms with Gasteiger partial charge in [0.2, 0.25) is 5.91 Å². The van der Waals surface area contributed by atoms with Crippen molar-refractivity contribution in [1.82, 2.24) is 40.1 Å². The Hall–Kier alpha value is -5.20. The number of aromatic nitrogens is 5. The predicted molar refractivity (Wildman–Crippen MR) is 179 cm³/mol.